The van der Waals surface area contributed by atoms with Crippen molar-refractivity contribution in [2.75, 3.05) is 0 Å². The maximum atomic E-state index is 11.1. The molecule has 7 nitrogen and oxygen atoms in total. The number of rotatable bonds is 4. The molecule has 0 aliphatic rings. The molecule has 2 aromatic rings. The molecule has 7 heteroatoms. The molecular formula is C12H15N5O2. The fraction of sp³-hybridized carbons (Fsp3) is 0.333. The highest BCUT2D eigenvalue weighted by Gasteiger charge is 2.22. The topological polar surface area (TPSA) is 99.9 Å². The molecule has 0 radical (unpaired) electrons. The van der Waals surface area contributed by atoms with E-state index in [-0.39, 0.29) is 12.2 Å². The van der Waals surface area contributed by atoms with Gasteiger partial charge in [-0.05, 0) is 19.4 Å². The lowest BCUT2D eigenvalue weighted by molar-refractivity contribution is -0.384. The summed E-state index contributed by atoms with van der Waals surface area (Å²) in [4.78, 5) is 10.7. The van der Waals surface area contributed by atoms with Crippen molar-refractivity contribution in [2.24, 2.45) is 5.73 Å². The number of hydrogen-bond acceptors (Lipinski definition) is 5. The van der Waals surface area contributed by atoms with Gasteiger partial charge < -0.3 is 10.3 Å². The Bertz CT molecular complexity index is 621. The van der Waals surface area contributed by atoms with E-state index in [0.717, 1.165) is 5.56 Å². The van der Waals surface area contributed by atoms with Crippen LogP contribution in [0.1, 0.15) is 18.3 Å². The zero-order valence-corrected chi connectivity index (χ0v) is 10.8. The first kappa shape index (κ1) is 13.2. The maximum absolute atomic E-state index is 11.1. The highest BCUT2D eigenvalue weighted by Crippen LogP contribution is 2.31. The van der Waals surface area contributed by atoms with Gasteiger partial charge in [-0.3, -0.25) is 10.1 Å². The average molecular weight is 261 g/mol. The van der Waals surface area contributed by atoms with E-state index in [2.05, 4.69) is 10.2 Å². The van der Waals surface area contributed by atoms with Gasteiger partial charge in [-0.25, -0.2) is 0 Å². The predicted molar refractivity (Wildman–Crippen MR) is 70.4 cm³/mol. The van der Waals surface area contributed by atoms with Crippen LogP contribution in [-0.2, 0) is 13.1 Å². The van der Waals surface area contributed by atoms with Crippen LogP contribution in [0.4, 0.5) is 5.69 Å². The normalized spacial score (nSPS) is 10.7. The second-order valence-electron chi connectivity index (χ2n) is 4.11. The molecule has 19 heavy (non-hydrogen) atoms. The van der Waals surface area contributed by atoms with Gasteiger partial charge in [0, 0.05) is 12.6 Å². The van der Waals surface area contributed by atoms with Crippen LogP contribution in [0.3, 0.4) is 0 Å². The predicted octanol–water partition coefficient (Wildman–Crippen LogP) is 1.64. The van der Waals surface area contributed by atoms with Crippen LogP contribution in [0.15, 0.2) is 18.2 Å². The number of hydrogen-bond donors (Lipinski definition) is 1. The van der Waals surface area contributed by atoms with Gasteiger partial charge in [-0.15, -0.1) is 10.2 Å². The van der Waals surface area contributed by atoms with Crippen LogP contribution in [-0.4, -0.2) is 19.7 Å². The Labute approximate surface area is 110 Å². The molecule has 100 valence electrons. The van der Waals surface area contributed by atoms with E-state index in [9.17, 15) is 10.1 Å². The number of nitrogens with zero attached hydrogens (tertiary/aromatic N) is 4. The summed E-state index contributed by atoms with van der Waals surface area (Å²) in [6.07, 6.45) is 0. The van der Waals surface area contributed by atoms with E-state index in [4.69, 9.17) is 5.73 Å². The van der Waals surface area contributed by atoms with E-state index in [1.165, 1.54) is 6.07 Å². The summed E-state index contributed by atoms with van der Waals surface area (Å²) in [7, 11) is 0. The molecule has 0 unspecified atom stereocenters. The average Bonchev–Trinajstić information content (AvgIpc) is 2.80. The fourth-order valence-electron chi connectivity index (χ4n) is 2.10. The SMILES string of the molecule is CCn1c(CN)nnc1-c1c(C)cccc1[N+](=O)[O-]. The molecule has 2 N–H and O–H groups in total. The van der Waals surface area contributed by atoms with Gasteiger partial charge in [0.15, 0.2) is 5.82 Å². The summed E-state index contributed by atoms with van der Waals surface area (Å²) in [5, 5.41) is 19.2. The van der Waals surface area contributed by atoms with Crippen LogP contribution in [0.2, 0.25) is 0 Å². The minimum Gasteiger partial charge on any atom is -0.324 e. The minimum atomic E-state index is -0.404. The zero-order chi connectivity index (χ0) is 14.0. The van der Waals surface area contributed by atoms with Gasteiger partial charge in [0.05, 0.1) is 17.0 Å². The molecule has 0 aliphatic carbocycles. The zero-order valence-electron chi connectivity index (χ0n) is 10.8. The van der Waals surface area contributed by atoms with Crippen molar-refractivity contribution >= 4 is 5.69 Å². The highest BCUT2D eigenvalue weighted by molar-refractivity contribution is 5.72. The fourth-order valence-corrected chi connectivity index (χ4v) is 2.10. The third-order valence-electron chi connectivity index (χ3n) is 3.00. The summed E-state index contributed by atoms with van der Waals surface area (Å²) >= 11 is 0. The Morgan fingerprint density at radius 3 is 2.74 bits per heavy atom. The second-order valence-corrected chi connectivity index (χ2v) is 4.11. The Balaban J connectivity index is 2.71. The summed E-state index contributed by atoms with van der Waals surface area (Å²) in [5.41, 5.74) is 6.92. The lowest BCUT2D eigenvalue weighted by atomic mass is 10.1. The van der Waals surface area contributed by atoms with Crippen LogP contribution in [0, 0.1) is 17.0 Å². The summed E-state index contributed by atoms with van der Waals surface area (Å²) in [6.45, 7) is 4.61. The van der Waals surface area contributed by atoms with E-state index in [1.807, 2.05) is 19.9 Å². The molecule has 1 aromatic carbocycles. The molecule has 0 spiro atoms. The van der Waals surface area contributed by atoms with Gasteiger partial charge in [-0.1, -0.05) is 12.1 Å². The number of nitro benzene ring substituents is 1. The van der Waals surface area contributed by atoms with Gasteiger partial charge in [0.25, 0.3) is 5.69 Å². The minimum absolute atomic E-state index is 0.0330. The first-order chi connectivity index (χ1) is 9.10. The number of aryl methyl sites for hydroxylation is 1. The third kappa shape index (κ3) is 2.19. The van der Waals surface area contributed by atoms with Crippen molar-refractivity contribution in [1.29, 1.82) is 0 Å². The van der Waals surface area contributed by atoms with E-state index >= 15 is 0 Å². The third-order valence-corrected chi connectivity index (χ3v) is 3.00. The smallest absolute Gasteiger partial charge is 0.280 e. The molecule has 0 atom stereocenters. The summed E-state index contributed by atoms with van der Waals surface area (Å²) < 4.78 is 1.80. The number of aromatic nitrogens is 3. The lowest BCUT2D eigenvalue weighted by Gasteiger charge is -2.09. The first-order valence-corrected chi connectivity index (χ1v) is 5.96. The van der Waals surface area contributed by atoms with Crippen LogP contribution in [0.5, 0.6) is 0 Å². The summed E-state index contributed by atoms with van der Waals surface area (Å²) in [5.74, 6) is 1.11. The standard InChI is InChI=1S/C12H15N5O2/c1-3-16-10(7-13)14-15-12(16)11-8(2)5-4-6-9(11)17(18)19/h4-6H,3,7,13H2,1-2H3. The number of benzene rings is 1. The molecule has 0 fully saturated rings. The van der Waals surface area contributed by atoms with E-state index in [1.54, 1.807) is 10.6 Å². The van der Waals surface area contributed by atoms with Gasteiger partial charge in [0.2, 0.25) is 0 Å². The Hall–Kier alpha value is -2.28. The number of nitrogens with two attached hydrogens (primary N) is 1. The van der Waals surface area contributed by atoms with Crippen molar-refractivity contribution < 1.29 is 4.92 Å². The monoisotopic (exact) mass is 261 g/mol. The molecule has 0 bridgehead atoms. The van der Waals surface area contributed by atoms with Crippen molar-refractivity contribution in [3.63, 3.8) is 0 Å². The first-order valence-electron chi connectivity index (χ1n) is 5.96. The van der Waals surface area contributed by atoms with Crippen LogP contribution < -0.4 is 5.73 Å². The maximum Gasteiger partial charge on any atom is 0.280 e. The Kier molecular flexibility index (Phi) is 3.57. The molecular weight excluding hydrogens is 246 g/mol. The van der Waals surface area contributed by atoms with Crippen LogP contribution >= 0.6 is 0 Å². The van der Waals surface area contributed by atoms with Crippen molar-refractivity contribution in [3.8, 4) is 11.4 Å². The molecule has 0 amide bonds. The van der Waals surface area contributed by atoms with Gasteiger partial charge in [-0.2, -0.15) is 0 Å². The molecule has 2 rings (SSSR count). The molecule has 0 saturated carbocycles. The van der Waals surface area contributed by atoms with Gasteiger partial charge >= 0.3 is 0 Å². The molecule has 0 aliphatic heterocycles. The summed E-state index contributed by atoms with van der Waals surface area (Å²) in [6, 6.07) is 4.95. The molecule has 0 saturated heterocycles. The van der Waals surface area contributed by atoms with E-state index < -0.39 is 4.92 Å². The Morgan fingerprint density at radius 1 is 1.42 bits per heavy atom. The van der Waals surface area contributed by atoms with E-state index in [0.29, 0.717) is 23.8 Å². The second kappa shape index (κ2) is 5.15. The molecule has 1 heterocycles. The highest BCUT2D eigenvalue weighted by atomic mass is 16.6. The quantitative estimate of drug-likeness (QED) is 0.666. The largest absolute Gasteiger partial charge is 0.324 e. The molecule has 1 aromatic heterocycles. The van der Waals surface area contributed by atoms with Crippen molar-refractivity contribution in [2.45, 2.75) is 26.9 Å². The Morgan fingerprint density at radius 2 is 2.16 bits per heavy atom. The lowest BCUT2D eigenvalue weighted by Crippen LogP contribution is -2.09. The number of nitro groups is 1. The van der Waals surface area contributed by atoms with Gasteiger partial charge in [0.1, 0.15) is 5.82 Å². The van der Waals surface area contributed by atoms with Crippen molar-refractivity contribution in [3.05, 3.63) is 39.7 Å². The van der Waals surface area contributed by atoms with Crippen molar-refractivity contribution in [1.82, 2.24) is 14.8 Å². The van der Waals surface area contributed by atoms with Crippen LogP contribution in [0.25, 0.3) is 11.4 Å².